The first-order chi connectivity index (χ1) is 16.7. The van der Waals surface area contributed by atoms with Crippen LogP contribution in [-0.4, -0.2) is 39.6 Å². The van der Waals surface area contributed by atoms with E-state index in [1.807, 2.05) is 6.20 Å². The molecule has 5 fully saturated rings. The Labute approximate surface area is 203 Å². The van der Waals surface area contributed by atoms with E-state index in [-0.39, 0.29) is 43.4 Å². The molecule has 9 heteroatoms. The number of pyridine rings is 1. The average molecular weight is 488 g/mol. The molecule has 6 nitrogen and oxygen atoms in total. The Kier molecular flexibility index (Phi) is 4.48. The quantitative estimate of drug-likeness (QED) is 0.567. The van der Waals surface area contributed by atoms with Gasteiger partial charge in [-0.3, -0.25) is 9.67 Å². The minimum absolute atomic E-state index is 0.0315. The predicted octanol–water partition coefficient (Wildman–Crippen LogP) is 5.85. The second-order valence-corrected chi connectivity index (χ2v) is 11.8. The van der Waals surface area contributed by atoms with Gasteiger partial charge in [-0.25, -0.2) is 0 Å². The highest BCUT2D eigenvalue weighted by Crippen LogP contribution is 2.79. The summed E-state index contributed by atoms with van der Waals surface area (Å²) in [6.07, 6.45) is 4.40. The van der Waals surface area contributed by atoms with Crippen molar-refractivity contribution in [2.24, 2.45) is 5.41 Å². The molecule has 4 aliphatic carbocycles. The van der Waals surface area contributed by atoms with Crippen molar-refractivity contribution in [3.63, 3.8) is 0 Å². The summed E-state index contributed by atoms with van der Waals surface area (Å²) in [5, 5.41) is 11.7. The molecule has 4 heterocycles. The van der Waals surface area contributed by atoms with Crippen molar-refractivity contribution in [2.75, 3.05) is 17.2 Å². The van der Waals surface area contributed by atoms with Gasteiger partial charge in [0.25, 0.3) is 0 Å². The van der Waals surface area contributed by atoms with E-state index < -0.39 is 17.0 Å². The monoisotopic (exact) mass is 487 g/mol. The molecule has 4 saturated carbocycles. The fourth-order valence-corrected chi connectivity index (χ4v) is 6.84. The van der Waals surface area contributed by atoms with E-state index in [4.69, 9.17) is 9.72 Å². The fourth-order valence-electron chi connectivity index (χ4n) is 6.84. The van der Waals surface area contributed by atoms with E-state index in [9.17, 15) is 13.2 Å². The molecule has 0 radical (unpaired) electrons. The molecule has 35 heavy (non-hydrogen) atoms. The van der Waals surface area contributed by atoms with Gasteiger partial charge in [0.15, 0.2) is 0 Å². The number of halogens is 3. The molecule has 2 aliphatic heterocycles. The van der Waals surface area contributed by atoms with Gasteiger partial charge in [0, 0.05) is 47.5 Å². The molecule has 188 valence electrons. The lowest BCUT2D eigenvalue weighted by atomic mass is 9.33. The first-order valence-electron chi connectivity index (χ1n) is 13.0. The van der Waals surface area contributed by atoms with Crippen molar-refractivity contribution in [3.05, 3.63) is 35.4 Å². The summed E-state index contributed by atoms with van der Waals surface area (Å²) in [6.45, 7) is 4.86. The van der Waals surface area contributed by atoms with Crippen molar-refractivity contribution in [2.45, 2.75) is 101 Å². The van der Waals surface area contributed by atoms with E-state index in [1.165, 1.54) is 12.8 Å². The van der Waals surface area contributed by atoms with Gasteiger partial charge in [0.2, 0.25) is 0 Å². The van der Waals surface area contributed by atoms with E-state index in [0.29, 0.717) is 12.6 Å². The van der Waals surface area contributed by atoms with Crippen LogP contribution in [0.15, 0.2) is 18.5 Å². The number of anilines is 2. The molecular formula is C26H32F3N5O. The van der Waals surface area contributed by atoms with Crippen LogP contribution in [-0.2, 0) is 10.2 Å². The van der Waals surface area contributed by atoms with Gasteiger partial charge in [0.05, 0.1) is 40.8 Å². The lowest BCUT2D eigenvalue weighted by molar-refractivity contribution is -0.337. The maximum Gasteiger partial charge on any atom is 0.394 e. The maximum atomic E-state index is 13.6. The van der Waals surface area contributed by atoms with E-state index in [2.05, 4.69) is 46.5 Å². The third-order valence-electron chi connectivity index (χ3n) is 9.29. The normalized spacial score (nSPS) is 38.0. The van der Waals surface area contributed by atoms with Crippen LogP contribution in [0.1, 0.15) is 93.8 Å². The van der Waals surface area contributed by atoms with Crippen LogP contribution in [0.5, 0.6) is 0 Å². The van der Waals surface area contributed by atoms with Crippen molar-refractivity contribution in [3.8, 4) is 0 Å². The number of aromatic nitrogens is 3. The third-order valence-corrected chi connectivity index (χ3v) is 9.29. The van der Waals surface area contributed by atoms with Gasteiger partial charge in [0.1, 0.15) is 0 Å². The summed E-state index contributed by atoms with van der Waals surface area (Å²) in [5.74, 6) is 0.197. The highest BCUT2D eigenvalue weighted by Gasteiger charge is 2.79. The molecule has 2 bridgehead atoms. The lowest BCUT2D eigenvalue weighted by Crippen LogP contribution is -2.70. The van der Waals surface area contributed by atoms with Crippen LogP contribution < -0.4 is 10.6 Å². The van der Waals surface area contributed by atoms with Crippen LogP contribution in [0, 0.1) is 5.41 Å². The van der Waals surface area contributed by atoms with E-state index in [0.717, 1.165) is 41.2 Å². The van der Waals surface area contributed by atoms with Gasteiger partial charge in [-0.15, -0.1) is 0 Å². The first-order valence-corrected chi connectivity index (χ1v) is 13.0. The number of rotatable bonds is 4. The number of nitrogens with one attached hydrogen (secondary N) is 2. The number of ether oxygens (including phenoxy) is 1. The van der Waals surface area contributed by atoms with E-state index in [1.54, 1.807) is 0 Å². The number of hydrogen-bond donors (Lipinski definition) is 2. The Morgan fingerprint density at radius 1 is 1.09 bits per heavy atom. The smallest absolute Gasteiger partial charge is 0.379 e. The zero-order valence-corrected chi connectivity index (χ0v) is 20.2. The second kappa shape index (κ2) is 7.14. The van der Waals surface area contributed by atoms with Crippen LogP contribution in [0.25, 0.3) is 0 Å². The second-order valence-electron chi connectivity index (χ2n) is 11.8. The maximum absolute atomic E-state index is 13.6. The summed E-state index contributed by atoms with van der Waals surface area (Å²) in [6, 6.07) is 3.05. The zero-order chi connectivity index (χ0) is 24.2. The van der Waals surface area contributed by atoms with Crippen LogP contribution in [0.3, 0.4) is 0 Å². The van der Waals surface area contributed by atoms with Gasteiger partial charge in [-0.2, -0.15) is 18.3 Å². The Bertz CT molecular complexity index is 1150. The predicted molar refractivity (Wildman–Crippen MR) is 126 cm³/mol. The SMILES string of the molecule is CC1Nc2cc([C@H]3CCO[C@@H](c4cnn(C5CC5)c4)C3)nc([C@]34C[C@@](C(F)(F)F)(C3)C4)c2NC1C. The Balaban J connectivity index is 1.20. The molecule has 1 saturated heterocycles. The number of alkyl halides is 3. The molecule has 2 unspecified atom stereocenters. The minimum Gasteiger partial charge on any atom is -0.379 e. The molecule has 2 aromatic heterocycles. The summed E-state index contributed by atoms with van der Waals surface area (Å²) in [5.41, 5.74) is 2.85. The molecule has 8 rings (SSSR count). The Morgan fingerprint density at radius 3 is 2.54 bits per heavy atom. The molecule has 0 spiro atoms. The van der Waals surface area contributed by atoms with Crippen molar-refractivity contribution in [1.82, 2.24) is 14.8 Å². The molecule has 6 aliphatic rings. The van der Waals surface area contributed by atoms with Crippen LogP contribution >= 0.6 is 0 Å². The highest BCUT2D eigenvalue weighted by molar-refractivity contribution is 5.77. The number of hydrogen-bond acceptors (Lipinski definition) is 5. The molecule has 2 aromatic rings. The third kappa shape index (κ3) is 3.26. The van der Waals surface area contributed by atoms with Gasteiger partial charge in [-0.05, 0) is 64.9 Å². The summed E-state index contributed by atoms with van der Waals surface area (Å²) in [4.78, 5) is 5.14. The van der Waals surface area contributed by atoms with Gasteiger partial charge in [-0.1, -0.05) is 0 Å². The van der Waals surface area contributed by atoms with Gasteiger partial charge >= 0.3 is 6.18 Å². The first kappa shape index (κ1) is 21.9. The van der Waals surface area contributed by atoms with Crippen molar-refractivity contribution in [1.29, 1.82) is 0 Å². The summed E-state index contributed by atoms with van der Waals surface area (Å²) in [7, 11) is 0. The minimum atomic E-state index is -4.13. The number of fused-ring (bicyclic) bond motifs is 1. The molecule has 0 amide bonds. The lowest BCUT2D eigenvalue weighted by Gasteiger charge is -2.70. The zero-order valence-electron chi connectivity index (χ0n) is 20.2. The Morgan fingerprint density at radius 2 is 1.83 bits per heavy atom. The standard InChI is InChI=1S/C26H32F3N5O/c1-14-15(2)32-22-20(31-14)8-19(33-23(22)24-11-25(12-24,13-24)26(27,28)29)16-5-6-35-21(7-16)17-9-30-34(10-17)18-3-4-18/h8-10,14-16,18,21,31-32H,3-7,11-13H2,1-2H3/t14?,15?,16-,21+,24-,25-/m0/s1. The van der Waals surface area contributed by atoms with Crippen LogP contribution in [0.2, 0.25) is 0 Å². The molecule has 2 N–H and O–H groups in total. The fraction of sp³-hybridized carbons (Fsp3) is 0.692. The molecular weight excluding hydrogens is 455 g/mol. The summed E-state index contributed by atoms with van der Waals surface area (Å²) >= 11 is 0. The van der Waals surface area contributed by atoms with Crippen molar-refractivity contribution < 1.29 is 17.9 Å². The summed E-state index contributed by atoms with van der Waals surface area (Å²) < 4.78 is 49.0. The Hall–Kier alpha value is -2.29. The van der Waals surface area contributed by atoms with Crippen LogP contribution in [0.4, 0.5) is 24.5 Å². The highest BCUT2D eigenvalue weighted by atomic mass is 19.4. The van der Waals surface area contributed by atoms with E-state index >= 15 is 0 Å². The van der Waals surface area contributed by atoms with Crippen molar-refractivity contribution >= 4 is 11.4 Å². The molecule has 4 atom stereocenters. The number of nitrogens with zero attached hydrogens (tertiary/aromatic N) is 3. The largest absolute Gasteiger partial charge is 0.394 e. The molecule has 0 aromatic carbocycles. The average Bonchev–Trinajstić information content (AvgIpc) is 3.48. The van der Waals surface area contributed by atoms with Gasteiger partial charge < -0.3 is 15.4 Å². The topological polar surface area (TPSA) is 64.0 Å².